The Bertz CT molecular complexity index is 2220. The molecule has 6 aromatic rings. The molecule has 0 aliphatic carbocycles. The number of rotatable bonds is 5. The van der Waals surface area contributed by atoms with Gasteiger partial charge < -0.3 is 9.55 Å². The maximum atomic E-state index is 14.4. The molecule has 7 nitrogen and oxygen atoms in total. The zero-order valence-corrected chi connectivity index (χ0v) is 25.4. The first-order valence-electron chi connectivity index (χ1n) is 13.0. The molecule has 4 heterocycles. The van der Waals surface area contributed by atoms with E-state index in [0.717, 1.165) is 26.2 Å². The van der Waals surface area contributed by atoms with Crippen molar-refractivity contribution in [3.63, 3.8) is 0 Å². The van der Waals surface area contributed by atoms with Gasteiger partial charge in [0.2, 0.25) is 0 Å². The van der Waals surface area contributed by atoms with Gasteiger partial charge in [0.15, 0.2) is 0 Å². The van der Waals surface area contributed by atoms with Gasteiger partial charge in [0.05, 0.1) is 9.92 Å². The van der Waals surface area contributed by atoms with E-state index in [1.165, 1.54) is 35.0 Å². The van der Waals surface area contributed by atoms with E-state index in [1.807, 2.05) is 26.8 Å². The molecule has 1 N–H and O–H groups in total. The second kappa shape index (κ2) is 10.1. The lowest BCUT2D eigenvalue weighted by Crippen LogP contribution is -2.22. The normalized spacial score (nSPS) is 12.8. The summed E-state index contributed by atoms with van der Waals surface area (Å²) in [5, 5.41) is 1.54. The summed E-state index contributed by atoms with van der Waals surface area (Å²) >= 11 is 12.8. The third-order valence-corrected chi connectivity index (χ3v) is 10.1. The Morgan fingerprint density at radius 2 is 1.71 bits per heavy atom. The fraction of sp³-hybridized carbons (Fsp3) is 0.161. The lowest BCUT2D eigenvalue weighted by molar-refractivity contribution is 0.589. The predicted molar refractivity (Wildman–Crippen MR) is 165 cm³/mol. The van der Waals surface area contributed by atoms with E-state index in [1.54, 1.807) is 37.6 Å². The summed E-state index contributed by atoms with van der Waals surface area (Å²) < 4.78 is 44.0. The first kappa shape index (κ1) is 28.2. The van der Waals surface area contributed by atoms with Crippen LogP contribution in [-0.4, -0.2) is 26.9 Å². The smallest absolute Gasteiger partial charge is 0.275 e. The summed E-state index contributed by atoms with van der Waals surface area (Å²) in [6.07, 6.45) is 4.73. The minimum atomic E-state index is -4.04. The standard InChI is InChI=1S/C31H25Cl2FN4O3S/c1-16-5-7-20(8-6-16)42(40,41)38-12-11-21-23(15-37(4)31(39)29(21)38)19-13-22-26(18(3)36-30(22)35-14-19)17(2)27-24(32)9-10-25(34)28(27)33/h5-15,17H,1-4H3,(H,35,36). The van der Waals surface area contributed by atoms with Gasteiger partial charge in [-0.1, -0.05) is 47.8 Å². The molecule has 0 amide bonds. The second-order valence-corrected chi connectivity index (χ2v) is 13.0. The van der Waals surface area contributed by atoms with Crippen molar-refractivity contribution in [1.82, 2.24) is 18.5 Å². The number of nitrogens with one attached hydrogen (secondary N) is 1. The van der Waals surface area contributed by atoms with Gasteiger partial charge in [-0.05, 0) is 61.4 Å². The number of fused-ring (bicyclic) bond motifs is 2. The zero-order chi connectivity index (χ0) is 30.1. The van der Waals surface area contributed by atoms with Crippen LogP contribution in [-0.2, 0) is 17.1 Å². The maximum absolute atomic E-state index is 14.4. The molecule has 11 heteroatoms. The zero-order valence-electron chi connectivity index (χ0n) is 23.0. The third kappa shape index (κ3) is 4.35. The van der Waals surface area contributed by atoms with Gasteiger partial charge in [0.1, 0.15) is 17.0 Å². The highest BCUT2D eigenvalue weighted by Crippen LogP contribution is 2.41. The van der Waals surface area contributed by atoms with E-state index in [2.05, 4.69) is 9.97 Å². The molecule has 2 aromatic carbocycles. The molecule has 0 bridgehead atoms. The van der Waals surface area contributed by atoms with Crippen LogP contribution in [0.3, 0.4) is 0 Å². The summed E-state index contributed by atoms with van der Waals surface area (Å²) in [5.74, 6) is -0.940. The van der Waals surface area contributed by atoms with Crippen LogP contribution in [0.15, 0.2) is 76.8 Å². The summed E-state index contributed by atoms with van der Waals surface area (Å²) in [4.78, 5) is 21.3. The first-order chi connectivity index (χ1) is 19.9. The van der Waals surface area contributed by atoms with Gasteiger partial charge in [0, 0.05) is 64.2 Å². The maximum Gasteiger partial charge on any atom is 0.275 e. The Hall–Kier alpha value is -3.92. The Morgan fingerprint density at radius 3 is 2.43 bits per heavy atom. The van der Waals surface area contributed by atoms with Gasteiger partial charge >= 0.3 is 0 Å². The van der Waals surface area contributed by atoms with Crippen molar-refractivity contribution in [3.8, 4) is 11.1 Å². The van der Waals surface area contributed by atoms with Gasteiger partial charge in [-0.15, -0.1) is 0 Å². The number of aryl methyl sites for hydroxylation is 3. The molecule has 0 aliphatic rings. The number of H-pyrrole nitrogens is 1. The number of benzene rings is 2. The van der Waals surface area contributed by atoms with E-state index in [-0.39, 0.29) is 21.4 Å². The van der Waals surface area contributed by atoms with E-state index in [4.69, 9.17) is 23.2 Å². The lowest BCUT2D eigenvalue weighted by atomic mass is 9.90. The van der Waals surface area contributed by atoms with Gasteiger partial charge in [0.25, 0.3) is 15.6 Å². The Labute approximate surface area is 251 Å². The number of nitrogens with zero attached hydrogens (tertiary/aromatic N) is 3. The van der Waals surface area contributed by atoms with Crippen LogP contribution < -0.4 is 5.56 Å². The van der Waals surface area contributed by atoms with E-state index < -0.39 is 21.4 Å². The van der Waals surface area contributed by atoms with Crippen molar-refractivity contribution in [1.29, 1.82) is 0 Å². The SMILES string of the molecule is Cc1ccc(S(=O)(=O)n2ccc3c(-c4cnc5[nH]c(C)c(C(C)c6c(Cl)ccc(F)c6Cl)c5c4)cn(C)c(=O)c32)cc1. The molecule has 0 saturated heterocycles. The van der Waals surface area contributed by atoms with Crippen molar-refractivity contribution in [2.75, 3.05) is 0 Å². The molecule has 42 heavy (non-hydrogen) atoms. The number of hydrogen-bond acceptors (Lipinski definition) is 4. The third-order valence-electron chi connectivity index (χ3n) is 7.71. The molecule has 214 valence electrons. The highest BCUT2D eigenvalue weighted by Gasteiger charge is 2.26. The number of halogens is 3. The molecule has 0 radical (unpaired) electrons. The molecule has 0 saturated carbocycles. The van der Waals surface area contributed by atoms with E-state index in [0.29, 0.717) is 32.7 Å². The summed E-state index contributed by atoms with van der Waals surface area (Å²) in [5.41, 5.74) is 4.53. The van der Waals surface area contributed by atoms with Crippen LogP contribution in [0.2, 0.25) is 10.0 Å². The van der Waals surface area contributed by atoms with Crippen LogP contribution in [0.4, 0.5) is 4.39 Å². The summed E-state index contributed by atoms with van der Waals surface area (Å²) in [6.45, 7) is 5.66. The Morgan fingerprint density at radius 1 is 1.00 bits per heavy atom. The number of pyridine rings is 2. The fourth-order valence-corrected chi connectivity index (χ4v) is 7.63. The monoisotopic (exact) mass is 622 g/mol. The van der Waals surface area contributed by atoms with Crippen LogP contribution in [0.25, 0.3) is 33.1 Å². The van der Waals surface area contributed by atoms with Crippen LogP contribution in [0, 0.1) is 19.7 Å². The topological polar surface area (TPSA) is 89.8 Å². The largest absolute Gasteiger partial charge is 0.343 e. The molecule has 0 spiro atoms. The molecule has 0 fully saturated rings. The number of aromatic amines is 1. The quantitative estimate of drug-likeness (QED) is 0.204. The lowest BCUT2D eigenvalue weighted by Gasteiger charge is -2.17. The molecule has 0 aliphatic heterocycles. The van der Waals surface area contributed by atoms with Gasteiger partial charge in [-0.3, -0.25) is 4.79 Å². The predicted octanol–water partition coefficient (Wildman–Crippen LogP) is 7.33. The first-order valence-corrected chi connectivity index (χ1v) is 15.2. The molecular weight excluding hydrogens is 598 g/mol. The van der Waals surface area contributed by atoms with E-state index >= 15 is 0 Å². The van der Waals surface area contributed by atoms with Crippen molar-refractivity contribution in [2.24, 2.45) is 7.05 Å². The second-order valence-electron chi connectivity index (χ2n) is 10.4. The minimum absolute atomic E-state index is 0.0350. The molecule has 6 rings (SSSR count). The van der Waals surface area contributed by atoms with Crippen molar-refractivity contribution in [2.45, 2.75) is 31.6 Å². The molecule has 1 atom stereocenters. The minimum Gasteiger partial charge on any atom is -0.343 e. The van der Waals surface area contributed by atoms with Crippen LogP contribution >= 0.6 is 23.2 Å². The molecule has 1 unspecified atom stereocenters. The summed E-state index contributed by atoms with van der Waals surface area (Å²) in [7, 11) is -2.46. The number of hydrogen-bond donors (Lipinski definition) is 1. The van der Waals surface area contributed by atoms with Crippen LogP contribution in [0.5, 0.6) is 0 Å². The van der Waals surface area contributed by atoms with Crippen molar-refractivity contribution in [3.05, 3.63) is 116 Å². The van der Waals surface area contributed by atoms with Gasteiger partial charge in [-0.2, -0.15) is 0 Å². The molecule has 4 aromatic heterocycles. The highest BCUT2D eigenvalue weighted by molar-refractivity contribution is 7.90. The highest BCUT2D eigenvalue weighted by atomic mass is 35.5. The number of aromatic nitrogens is 4. The van der Waals surface area contributed by atoms with Crippen molar-refractivity contribution >= 4 is 55.2 Å². The van der Waals surface area contributed by atoms with E-state index in [9.17, 15) is 17.6 Å². The van der Waals surface area contributed by atoms with Gasteiger partial charge in [-0.25, -0.2) is 21.8 Å². The van der Waals surface area contributed by atoms with Crippen molar-refractivity contribution < 1.29 is 12.8 Å². The average Bonchev–Trinajstić information content (AvgIpc) is 3.54. The summed E-state index contributed by atoms with van der Waals surface area (Å²) in [6, 6.07) is 12.7. The molecular formula is C31H25Cl2FN4O3S. The Kier molecular flexibility index (Phi) is 6.79. The Balaban J connectivity index is 1.56. The fourth-order valence-electron chi connectivity index (χ4n) is 5.59. The van der Waals surface area contributed by atoms with Crippen LogP contribution in [0.1, 0.15) is 35.2 Å². The average molecular weight is 624 g/mol.